The molecule has 0 radical (unpaired) electrons. The number of pyridine rings is 2. The fraction of sp³-hybridized carbons (Fsp3) is 0.125. The van der Waals surface area contributed by atoms with E-state index in [1.165, 1.54) is 25.4 Å². The minimum Gasteiger partial charge on any atom is -0.496 e. The fourth-order valence-electron chi connectivity index (χ4n) is 4.03. The highest BCUT2D eigenvalue weighted by atomic mass is 35.5. The van der Waals surface area contributed by atoms with Gasteiger partial charge in [-0.1, -0.05) is 29.3 Å². The summed E-state index contributed by atoms with van der Waals surface area (Å²) in [4.78, 5) is 21.9. The van der Waals surface area contributed by atoms with Gasteiger partial charge in [0.2, 0.25) is 5.88 Å². The van der Waals surface area contributed by atoms with Crippen molar-refractivity contribution in [2.24, 2.45) is 0 Å². The summed E-state index contributed by atoms with van der Waals surface area (Å²) in [5.41, 5.74) is 3.21. The molecule has 33 heavy (non-hydrogen) atoms. The molecule has 0 bridgehead atoms. The van der Waals surface area contributed by atoms with Gasteiger partial charge < -0.3 is 8.92 Å². The molecule has 0 aliphatic heterocycles. The maximum Gasteiger partial charge on any atom is 0.340 e. The van der Waals surface area contributed by atoms with Gasteiger partial charge in [-0.05, 0) is 44.2 Å². The van der Waals surface area contributed by atoms with Crippen molar-refractivity contribution in [1.82, 2.24) is 9.97 Å². The molecule has 2 aromatic carbocycles. The van der Waals surface area contributed by atoms with Crippen LogP contribution < -0.4 is 8.92 Å². The van der Waals surface area contributed by atoms with E-state index in [4.69, 9.17) is 20.5 Å². The quantitative estimate of drug-likeness (QED) is 0.267. The Morgan fingerprint density at radius 3 is 2.36 bits per heavy atom. The Hall–Kier alpha value is -3.49. The van der Waals surface area contributed by atoms with E-state index in [0.29, 0.717) is 38.9 Å². The molecule has 0 unspecified atom stereocenters. The number of carbonyl (C=O) groups excluding carboxylic acids is 1. The summed E-state index contributed by atoms with van der Waals surface area (Å²) in [6.07, 6.45) is 1.43. The molecule has 4 aromatic rings. The topological polar surface area (TPSA) is 95.5 Å². The molecular formula is C24H17ClN2O5S. The summed E-state index contributed by atoms with van der Waals surface area (Å²) in [7, 11) is -2.74. The first-order valence-corrected chi connectivity index (χ1v) is 11.7. The van der Waals surface area contributed by atoms with Gasteiger partial charge in [-0.15, -0.1) is 0 Å². The van der Waals surface area contributed by atoms with Gasteiger partial charge in [0.15, 0.2) is 5.78 Å². The lowest BCUT2D eigenvalue weighted by molar-refractivity contribution is 0.104. The largest absolute Gasteiger partial charge is 0.496 e. The van der Waals surface area contributed by atoms with Crippen molar-refractivity contribution in [2.45, 2.75) is 18.7 Å². The second-order valence-electron chi connectivity index (χ2n) is 7.66. The number of nitrogens with zero attached hydrogens (tertiary/aromatic N) is 2. The number of halogens is 1. The highest BCUT2D eigenvalue weighted by Gasteiger charge is 2.37. The van der Waals surface area contributed by atoms with Crippen molar-refractivity contribution in [1.29, 1.82) is 0 Å². The van der Waals surface area contributed by atoms with Crippen molar-refractivity contribution in [3.63, 3.8) is 0 Å². The first-order valence-electron chi connectivity index (χ1n) is 9.95. The van der Waals surface area contributed by atoms with E-state index >= 15 is 0 Å². The van der Waals surface area contributed by atoms with Crippen molar-refractivity contribution in [3.05, 3.63) is 76.1 Å². The van der Waals surface area contributed by atoms with Gasteiger partial charge in [0.25, 0.3) is 0 Å². The summed E-state index contributed by atoms with van der Waals surface area (Å²) in [5, 5.41) is 0.748. The van der Waals surface area contributed by atoms with E-state index in [0.717, 1.165) is 5.56 Å². The molecule has 166 valence electrons. The SMILES string of the molecule is COc1ccc2c3c(c(OS(=O)(=O)c4ccc(C)cc4)nc2c1C)C(=O)c1ccnc(Cl)c1-3. The maximum absolute atomic E-state index is 13.4. The predicted octanol–water partition coefficient (Wildman–Crippen LogP) is 4.89. The predicted molar refractivity (Wildman–Crippen MR) is 124 cm³/mol. The Morgan fingerprint density at radius 2 is 1.67 bits per heavy atom. The Labute approximate surface area is 195 Å². The van der Waals surface area contributed by atoms with Gasteiger partial charge in [0.05, 0.1) is 18.2 Å². The second kappa shape index (κ2) is 7.54. The first-order chi connectivity index (χ1) is 15.7. The van der Waals surface area contributed by atoms with Crippen LogP contribution in [-0.4, -0.2) is 31.3 Å². The zero-order chi connectivity index (χ0) is 23.5. The number of methoxy groups -OCH3 is 1. The number of aryl methyl sites for hydroxylation is 2. The third kappa shape index (κ3) is 3.25. The zero-order valence-corrected chi connectivity index (χ0v) is 19.4. The molecule has 0 spiro atoms. The third-order valence-corrected chi connectivity index (χ3v) is 7.19. The van der Waals surface area contributed by atoms with E-state index in [1.54, 1.807) is 37.3 Å². The molecule has 5 rings (SSSR count). The first kappa shape index (κ1) is 21.4. The van der Waals surface area contributed by atoms with E-state index < -0.39 is 15.9 Å². The van der Waals surface area contributed by atoms with Crippen molar-refractivity contribution >= 4 is 38.4 Å². The molecule has 7 nitrogen and oxygen atoms in total. The van der Waals surface area contributed by atoms with Crippen molar-refractivity contribution in [2.75, 3.05) is 7.11 Å². The molecule has 0 amide bonds. The van der Waals surface area contributed by atoms with Crippen LogP contribution in [0.4, 0.5) is 0 Å². The minimum absolute atomic E-state index is 0.0349. The highest BCUT2D eigenvalue weighted by molar-refractivity contribution is 7.87. The van der Waals surface area contributed by atoms with Gasteiger partial charge >= 0.3 is 10.1 Å². The third-order valence-electron chi connectivity index (χ3n) is 5.67. The van der Waals surface area contributed by atoms with E-state index in [-0.39, 0.29) is 21.5 Å². The van der Waals surface area contributed by atoms with Crippen LogP contribution in [0.2, 0.25) is 5.15 Å². The van der Waals surface area contributed by atoms with Crippen molar-refractivity contribution in [3.8, 4) is 22.8 Å². The van der Waals surface area contributed by atoms with Crippen LogP contribution in [0.5, 0.6) is 11.6 Å². The van der Waals surface area contributed by atoms with Gasteiger partial charge in [-0.3, -0.25) is 4.79 Å². The molecule has 0 N–H and O–H groups in total. The number of aromatic nitrogens is 2. The Kier molecular flexibility index (Phi) is 4.88. The lowest BCUT2D eigenvalue weighted by atomic mass is 9.99. The van der Waals surface area contributed by atoms with Gasteiger partial charge in [-0.25, -0.2) is 9.97 Å². The van der Waals surface area contributed by atoms with Crippen LogP contribution in [0.15, 0.2) is 53.6 Å². The number of carbonyl (C=O) groups is 1. The van der Waals surface area contributed by atoms with Crippen LogP contribution in [0.1, 0.15) is 27.0 Å². The van der Waals surface area contributed by atoms with Crippen LogP contribution in [0.25, 0.3) is 22.0 Å². The van der Waals surface area contributed by atoms with E-state index in [1.807, 2.05) is 6.92 Å². The molecule has 1 aliphatic rings. The normalized spacial score (nSPS) is 12.5. The average Bonchev–Trinajstić information content (AvgIpc) is 3.09. The second-order valence-corrected chi connectivity index (χ2v) is 9.56. The number of rotatable bonds is 4. The summed E-state index contributed by atoms with van der Waals surface area (Å²) < 4.78 is 37.0. The molecule has 0 saturated carbocycles. The average molecular weight is 481 g/mol. The van der Waals surface area contributed by atoms with Gasteiger partial charge in [-0.2, -0.15) is 8.42 Å². The maximum atomic E-state index is 13.4. The molecule has 2 heterocycles. The summed E-state index contributed by atoms with van der Waals surface area (Å²) >= 11 is 6.39. The van der Waals surface area contributed by atoms with Crippen LogP contribution in [-0.2, 0) is 10.1 Å². The van der Waals surface area contributed by atoms with Gasteiger partial charge in [0, 0.05) is 33.8 Å². The van der Waals surface area contributed by atoms with Gasteiger partial charge in [0.1, 0.15) is 15.8 Å². The minimum atomic E-state index is -4.26. The lowest BCUT2D eigenvalue weighted by Crippen LogP contribution is -2.13. The molecule has 0 saturated heterocycles. The van der Waals surface area contributed by atoms with Crippen LogP contribution >= 0.6 is 11.6 Å². The highest BCUT2D eigenvalue weighted by Crippen LogP contribution is 2.48. The van der Waals surface area contributed by atoms with E-state index in [2.05, 4.69) is 9.97 Å². The molecule has 1 aliphatic carbocycles. The number of ketones is 1. The number of benzene rings is 2. The Morgan fingerprint density at radius 1 is 0.939 bits per heavy atom. The molecule has 0 atom stereocenters. The van der Waals surface area contributed by atoms with Crippen LogP contribution in [0, 0.1) is 13.8 Å². The molecular weight excluding hydrogens is 464 g/mol. The Bertz CT molecular complexity index is 1580. The lowest BCUT2D eigenvalue weighted by Gasteiger charge is -2.15. The standard InChI is InChI=1S/C24H17ClN2O5S/c1-12-4-6-14(7-5-12)33(29,30)32-24-20-18(19-16(22(20)28)10-11-26-23(19)25)15-8-9-17(31-3)13(2)21(15)27-24/h4-11H,1-3H3. The molecule has 9 heteroatoms. The van der Waals surface area contributed by atoms with E-state index in [9.17, 15) is 13.2 Å². The monoisotopic (exact) mass is 480 g/mol. The number of hydrogen-bond acceptors (Lipinski definition) is 7. The smallest absolute Gasteiger partial charge is 0.340 e. The van der Waals surface area contributed by atoms with Crippen molar-refractivity contribution < 1.29 is 22.1 Å². The number of hydrogen-bond donors (Lipinski definition) is 0. The molecule has 0 fully saturated rings. The summed E-state index contributed by atoms with van der Waals surface area (Å²) in [6.45, 7) is 3.64. The zero-order valence-electron chi connectivity index (χ0n) is 17.8. The fourth-order valence-corrected chi connectivity index (χ4v) is 5.18. The summed E-state index contributed by atoms with van der Waals surface area (Å²) in [5.74, 6) is -0.183. The summed E-state index contributed by atoms with van der Waals surface area (Å²) in [6, 6.07) is 11.3. The number of ether oxygens (including phenoxy) is 1. The number of fused-ring (bicyclic) bond motifs is 5. The molecule has 2 aromatic heterocycles. The van der Waals surface area contributed by atoms with Crippen LogP contribution in [0.3, 0.4) is 0 Å². The Balaban J connectivity index is 1.82.